The van der Waals surface area contributed by atoms with Crippen LogP contribution in [-0.4, -0.2) is 25.9 Å². The summed E-state index contributed by atoms with van der Waals surface area (Å²) in [6, 6.07) is 2.18. The van der Waals surface area contributed by atoms with Crippen LogP contribution in [0.3, 0.4) is 0 Å². The third-order valence-corrected chi connectivity index (χ3v) is 12.6. The molecule has 1 aliphatic carbocycles. The number of hydrogen-bond acceptors (Lipinski definition) is 4. The van der Waals surface area contributed by atoms with Gasteiger partial charge in [0.2, 0.25) is 0 Å². The molecular weight excluding hydrogens is 392 g/mol. The molecular formula is C25H40O4Si. The number of esters is 1. The molecule has 0 unspecified atom stereocenters. The predicted octanol–water partition coefficient (Wildman–Crippen LogP) is 5.73. The highest BCUT2D eigenvalue weighted by Crippen LogP contribution is 2.40. The Morgan fingerprint density at radius 3 is 2.37 bits per heavy atom. The predicted molar refractivity (Wildman–Crippen MR) is 125 cm³/mol. The van der Waals surface area contributed by atoms with E-state index in [1.807, 2.05) is 6.92 Å². The average Bonchev–Trinajstić information content (AvgIpc) is 2.95. The van der Waals surface area contributed by atoms with Crippen molar-refractivity contribution in [2.45, 2.75) is 98.4 Å². The van der Waals surface area contributed by atoms with E-state index in [1.165, 1.54) is 12.5 Å². The SMILES string of the molecule is CC(=O)/C=C(\C)[C@@H]1CCC[C@@H](OC(C)=O)[C@H]1Cc1cc(C)c([Si](C)(C)C(C)(C)C)o1. The van der Waals surface area contributed by atoms with Crippen LogP contribution in [0.25, 0.3) is 0 Å². The summed E-state index contributed by atoms with van der Waals surface area (Å²) in [7, 11) is -1.78. The molecule has 168 valence electrons. The van der Waals surface area contributed by atoms with Crippen LogP contribution in [0.15, 0.2) is 22.1 Å². The van der Waals surface area contributed by atoms with Crippen molar-refractivity contribution in [3.63, 3.8) is 0 Å². The highest BCUT2D eigenvalue weighted by molar-refractivity contribution is 6.91. The standard InChI is InChI=1S/C25H40O4Si/c1-16(13-18(3)26)21-11-10-12-23(28-19(4)27)22(21)15-20-14-17(2)24(29-20)30(8,9)25(5,6)7/h13-14,21-23H,10-12,15H2,1-9H3/b16-13+/t21-,22-,23+/m0/s1. The van der Waals surface area contributed by atoms with Gasteiger partial charge in [-0.25, -0.2) is 0 Å². The van der Waals surface area contributed by atoms with Gasteiger partial charge in [-0.05, 0) is 68.7 Å². The van der Waals surface area contributed by atoms with Crippen molar-refractivity contribution in [2.75, 3.05) is 0 Å². The minimum Gasteiger partial charge on any atom is -0.471 e. The summed E-state index contributed by atoms with van der Waals surface area (Å²) in [5.41, 5.74) is 2.31. The Kier molecular flexibility index (Phi) is 7.60. The molecule has 30 heavy (non-hydrogen) atoms. The summed E-state index contributed by atoms with van der Waals surface area (Å²) >= 11 is 0. The molecule has 1 fully saturated rings. The molecule has 1 aliphatic rings. The second kappa shape index (κ2) is 9.25. The van der Waals surface area contributed by atoms with Gasteiger partial charge in [0, 0.05) is 19.3 Å². The van der Waals surface area contributed by atoms with E-state index in [9.17, 15) is 9.59 Å². The lowest BCUT2D eigenvalue weighted by Gasteiger charge is -2.38. The molecule has 1 aromatic rings. The molecule has 0 saturated heterocycles. The number of furan rings is 1. The second-order valence-electron chi connectivity index (χ2n) is 10.7. The fraction of sp³-hybridized carbons (Fsp3) is 0.680. The van der Waals surface area contributed by atoms with Crippen LogP contribution in [0.2, 0.25) is 18.1 Å². The van der Waals surface area contributed by atoms with Crippen molar-refractivity contribution >= 4 is 25.2 Å². The number of aryl methyl sites for hydroxylation is 1. The van der Waals surface area contributed by atoms with E-state index < -0.39 is 8.07 Å². The Bertz CT molecular complexity index is 810. The summed E-state index contributed by atoms with van der Waals surface area (Å²) in [5.74, 6) is 1.13. The molecule has 4 nitrogen and oxygen atoms in total. The van der Waals surface area contributed by atoms with Crippen LogP contribution in [0, 0.1) is 18.8 Å². The molecule has 0 amide bonds. The second-order valence-corrected chi connectivity index (χ2v) is 15.9. The van der Waals surface area contributed by atoms with Gasteiger partial charge >= 0.3 is 5.97 Å². The number of allylic oxidation sites excluding steroid dienone is 2. The molecule has 0 spiro atoms. The molecule has 1 heterocycles. The van der Waals surface area contributed by atoms with E-state index in [2.05, 4.69) is 46.9 Å². The monoisotopic (exact) mass is 432 g/mol. The van der Waals surface area contributed by atoms with Gasteiger partial charge in [-0.3, -0.25) is 9.59 Å². The van der Waals surface area contributed by atoms with Crippen molar-refractivity contribution in [2.24, 2.45) is 11.8 Å². The van der Waals surface area contributed by atoms with Crippen LogP contribution in [0.5, 0.6) is 0 Å². The maximum atomic E-state index is 11.8. The lowest BCUT2D eigenvalue weighted by Crippen LogP contribution is -2.49. The highest BCUT2D eigenvalue weighted by atomic mass is 28.3. The molecule has 0 radical (unpaired) electrons. The van der Waals surface area contributed by atoms with Crippen LogP contribution < -0.4 is 5.38 Å². The summed E-state index contributed by atoms with van der Waals surface area (Å²) in [6.45, 7) is 18.9. The Morgan fingerprint density at radius 2 is 1.83 bits per heavy atom. The van der Waals surface area contributed by atoms with Gasteiger partial charge < -0.3 is 9.15 Å². The third-order valence-electron chi connectivity index (χ3n) is 7.18. The van der Waals surface area contributed by atoms with Gasteiger partial charge in [0.05, 0.1) is 5.38 Å². The lowest BCUT2D eigenvalue weighted by atomic mass is 9.71. The van der Waals surface area contributed by atoms with Gasteiger partial charge in [0.15, 0.2) is 5.78 Å². The van der Waals surface area contributed by atoms with Crippen molar-refractivity contribution in [3.05, 3.63) is 29.0 Å². The number of carbonyl (C=O) groups excluding carboxylic acids is 2. The Labute approximate surface area is 183 Å². The normalized spacial score (nSPS) is 23.4. The molecule has 0 aliphatic heterocycles. The van der Waals surface area contributed by atoms with Gasteiger partial charge in [-0.2, -0.15) is 0 Å². The maximum absolute atomic E-state index is 11.8. The number of rotatable bonds is 6. The zero-order valence-corrected chi connectivity index (χ0v) is 21.3. The first kappa shape index (κ1) is 24.6. The molecule has 0 bridgehead atoms. The largest absolute Gasteiger partial charge is 0.471 e. The van der Waals surface area contributed by atoms with Crippen LogP contribution in [-0.2, 0) is 20.7 Å². The maximum Gasteiger partial charge on any atom is 0.302 e. The quantitative estimate of drug-likeness (QED) is 0.327. The van der Waals surface area contributed by atoms with E-state index >= 15 is 0 Å². The summed E-state index contributed by atoms with van der Waals surface area (Å²) in [6.07, 6.45) is 5.19. The number of ketones is 1. The first-order valence-electron chi connectivity index (χ1n) is 11.2. The van der Waals surface area contributed by atoms with E-state index in [4.69, 9.17) is 9.15 Å². The fourth-order valence-electron chi connectivity index (χ4n) is 4.69. The molecule has 1 aromatic heterocycles. The van der Waals surface area contributed by atoms with Crippen molar-refractivity contribution < 1.29 is 18.7 Å². The minimum atomic E-state index is -1.78. The minimum absolute atomic E-state index is 0.0647. The third kappa shape index (κ3) is 5.54. The fourth-order valence-corrected chi connectivity index (χ4v) is 6.82. The number of hydrogen-bond donors (Lipinski definition) is 0. The Balaban J connectivity index is 2.40. The van der Waals surface area contributed by atoms with Crippen molar-refractivity contribution in [1.29, 1.82) is 0 Å². The smallest absolute Gasteiger partial charge is 0.302 e. The topological polar surface area (TPSA) is 56.5 Å². The molecule has 2 rings (SSSR count). The lowest BCUT2D eigenvalue weighted by molar-refractivity contribution is -0.152. The first-order valence-corrected chi connectivity index (χ1v) is 14.2. The van der Waals surface area contributed by atoms with Crippen molar-refractivity contribution in [3.8, 4) is 0 Å². The Hall–Kier alpha value is -1.62. The van der Waals surface area contributed by atoms with E-state index in [0.717, 1.165) is 42.4 Å². The Morgan fingerprint density at radius 1 is 1.20 bits per heavy atom. The zero-order valence-electron chi connectivity index (χ0n) is 20.3. The first-order chi connectivity index (χ1) is 13.7. The van der Waals surface area contributed by atoms with Crippen LogP contribution in [0.1, 0.15) is 72.1 Å². The van der Waals surface area contributed by atoms with Crippen LogP contribution in [0.4, 0.5) is 0 Å². The van der Waals surface area contributed by atoms with Gasteiger partial charge in [-0.1, -0.05) is 39.4 Å². The summed E-state index contributed by atoms with van der Waals surface area (Å²) in [4.78, 5) is 23.5. The number of ether oxygens (including phenoxy) is 1. The number of carbonyl (C=O) groups is 2. The molecule has 1 saturated carbocycles. The highest BCUT2D eigenvalue weighted by Gasteiger charge is 2.42. The molecule has 5 heteroatoms. The van der Waals surface area contributed by atoms with E-state index in [-0.39, 0.29) is 34.7 Å². The summed E-state index contributed by atoms with van der Waals surface area (Å²) < 4.78 is 12.2. The van der Waals surface area contributed by atoms with Gasteiger partial charge in [0.25, 0.3) is 0 Å². The molecule has 0 aromatic carbocycles. The van der Waals surface area contributed by atoms with Gasteiger partial charge in [0.1, 0.15) is 19.9 Å². The average molecular weight is 433 g/mol. The van der Waals surface area contributed by atoms with Crippen molar-refractivity contribution in [1.82, 2.24) is 0 Å². The summed E-state index contributed by atoms with van der Waals surface area (Å²) in [5, 5.41) is 1.36. The molecule has 3 atom stereocenters. The van der Waals surface area contributed by atoms with E-state index in [0.29, 0.717) is 0 Å². The zero-order chi connectivity index (χ0) is 22.9. The molecule has 0 N–H and O–H groups in total. The van der Waals surface area contributed by atoms with Gasteiger partial charge in [-0.15, -0.1) is 0 Å². The van der Waals surface area contributed by atoms with E-state index in [1.54, 1.807) is 13.0 Å². The van der Waals surface area contributed by atoms with Crippen LogP contribution >= 0.6 is 0 Å².